The molecule has 1 aliphatic heterocycles. The molecule has 0 spiro atoms. The molecule has 1 aromatic rings. The van der Waals surface area contributed by atoms with Gasteiger partial charge in [0.1, 0.15) is 5.54 Å². The van der Waals surface area contributed by atoms with Crippen molar-refractivity contribution in [2.75, 3.05) is 26.2 Å². The second-order valence-electron chi connectivity index (χ2n) is 4.22. The molecule has 4 nitrogen and oxygen atoms in total. The third-order valence-electron chi connectivity index (χ3n) is 2.88. The second-order valence-corrected chi connectivity index (χ2v) is 5.17. The van der Waals surface area contributed by atoms with Crippen LogP contribution in [0.25, 0.3) is 0 Å². The number of hydrogen-bond donors (Lipinski definition) is 2. The van der Waals surface area contributed by atoms with Crippen LogP contribution < -0.4 is 11.1 Å². The number of nitrogens with zero attached hydrogens (tertiary/aromatic N) is 1. The number of nitrogens with two attached hydrogens (primary N) is 1. The number of thiophene rings is 1. The van der Waals surface area contributed by atoms with Crippen molar-refractivity contribution < 1.29 is 4.79 Å². The van der Waals surface area contributed by atoms with Crippen LogP contribution >= 0.6 is 11.3 Å². The lowest BCUT2D eigenvalue weighted by Crippen LogP contribution is -2.55. The first-order valence-electron chi connectivity index (χ1n) is 5.45. The fraction of sp³-hybridized carbons (Fsp3) is 0.545. The minimum atomic E-state index is -0.883. The fourth-order valence-corrected chi connectivity index (χ4v) is 2.67. The summed E-state index contributed by atoms with van der Waals surface area (Å²) in [6.07, 6.45) is 0. The highest BCUT2D eigenvalue weighted by Crippen LogP contribution is 2.25. The third-order valence-corrected chi connectivity index (χ3v) is 3.99. The topological polar surface area (TPSA) is 58.4 Å². The molecule has 1 unspecified atom stereocenters. The van der Waals surface area contributed by atoms with Gasteiger partial charge in [-0.1, -0.05) is 6.07 Å². The molecule has 1 amide bonds. The van der Waals surface area contributed by atoms with Gasteiger partial charge in [-0.25, -0.2) is 0 Å². The minimum Gasteiger partial charge on any atom is -0.338 e. The van der Waals surface area contributed by atoms with Crippen LogP contribution in [0.4, 0.5) is 0 Å². The summed E-state index contributed by atoms with van der Waals surface area (Å²) < 4.78 is 0. The largest absolute Gasteiger partial charge is 0.338 e. The summed E-state index contributed by atoms with van der Waals surface area (Å²) in [5.74, 6) is 0.0245. The second kappa shape index (κ2) is 4.53. The number of piperazine rings is 1. The molecule has 1 aliphatic rings. The Hall–Kier alpha value is -0.910. The lowest BCUT2D eigenvalue weighted by molar-refractivity contribution is -0.137. The normalized spacial score (nSPS) is 20.5. The summed E-state index contributed by atoms with van der Waals surface area (Å²) in [5.41, 5.74) is 5.27. The first-order valence-corrected chi connectivity index (χ1v) is 6.33. The first-order chi connectivity index (χ1) is 7.62. The van der Waals surface area contributed by atoms with E-state index in [2.05, 4.69) is 5.32 Å². The van der Waals surface area contributed by atoms with E-state index in [-0.39, 0.29) is 5.91 Å². The maximum atomic E-state index is 12.3. The van der Waals surface area contributed by atoms with Gasteiger partial charge in [0.15, 0.2) is 0 Å². The molecule has 88 valence electrons. The maximum absolute atomic E-state index is 12.3. The van der Waals surface area contributed by atoms with Gasteiger partial charge in [0, 0.05) is 31.1 Å². The van der Waals surface area contributed by atoms with Crippen LogP contribution in [0.15, 0.2) is 17.5 Å². The zero-order valence-electron chi connectivity index (χ0n) is 9.40. The summed E-state index contributed by atoms with van der Waals surface area (Å²) in [4.78, 5) is 15.1. The van der Waals surface area contributed by atoms with Crippen molar-refractivity contribution in [2.45, 2.75) is 12.5 Å². The number of amides is 1. The van der Waals surface area contributed by atoms with E-state index < -0.39 is 5.54 Å². The maximum Gasteiger partial charge on any atom is 0.247 e. The predicted octanol–water partition coefficient (Wildman–Crippen LogP) is 0.354. The van der Waals surface area contributed by atoms with Crippen molar-refractivity contribution in [3.8, 4) is 0 Å². The van der Waals surface area contributed by atoms with Crippen LogP contribution in [0.3, 0.4) is 0 Å². The summed E-state index contributed by atoms with van der Waals surface area (Å²) >= 11 is 1.53. The van der Waals surface area contributed by atoms with Crippen molar-refractivity contribution in [3.63, 3.8) is 0 Å². The predicted molar refractivity (Wildman–Crippen MR) is 65.3 cm³/mol. The SMILES string of the molecule is CC(N)(C(=O)N1CCNCC1)c1cccs1. The number of rotatable bonds is 2. The number of carbonyl (C=O) groups is 1. The van der Waals surface area contributed by atoms with E-state index in [0.29, 0.717) is 0 Å². The summed E-state index contributed by atoms with van der Waals surface area (Å²) in [6.45, 7) is 5.00. The Morgan fingerprint density at radius 2 is 2.25 bits per heavy atom. The molecule has 0 saturated carbocycles. The van der Waals surface area contributed by atoms with E-state index in [1.807, 2.05) is 22.4 Å². The Kier molecular flexibility index (Phi) is 3.28. The molecule has 0 radical (unpaired) electrons. The molecular weight excluding hydrogens is 222 g/mol. The van der Waals surface area contributed by atoms with E-state index in [1.165, 1.54) is 11.3 Å². The molecule has 1 fully saturated rings. The molecule has 0 aromatic carbocycles. The third kappa shape index (κ3) is 2.11. The summed E-state index contributed by atoms with van der Waals surface area (Å²) in [6, 6.07) is 3.85. The van der Waals surface area contributed by atoms with E-state index in [9.17, 15) is 4.79 Å². The molecule has 16 heavy (non-hydrogen) atoms. The van der Waals surface area contributed by atoms with Gasteiger partial charge in [-0.2, -0.15) is 0 Å². The molecule has 1 atom stereocenters. The van der Waals surface area contributed by atoms with Crippen molar-refractivity contribution in [3.05, 3.63) is 22.4 Å². The van der Waals surface area contributed by atoms with Crippen LogP contribution in [0.2, 0.25) is 0 Å². The monoisotopic (exact) mass is 239 g/mol. The van der Waals surface area contributed by atoms with E-state index in [4.69, 9.17) is 5.73 Å². The standard InChI is InChI=1S/C11H17N3OS/c1-11(12,9-3-2-8-16-9)10(15)14-6-4-13-5-7-14/h2-3,8,13H,4-7,12H2,1H3. The van der Waals surface area contributed by atoms with Gasteiger partial charge in [0.2, 0.25) is 5.91 Å². The molecule has 2 rings (SSSR count). The van der Waals surface area contributed by atoms with Crippen molar-refractivity contribution >= 4 is 17.2 Å². The zero-order valence-corrected chi connectivity index (χ0v) is 10.2. The number of hydrogen-bond acceptors (Lipinski definition) is 4. The van der Waals surface area contributed by atoms with Crippen LogP contribution in [0.1, 0.15) is 11.8 Å². The molecule has 0 aliphatic carbocycles. The lowest BCUT2D eigenvalue weighted by Gasteiger charge is -2.34. The van der Waals surface area contributed by atoms with Crippen LogP contribution in [0, 0.1) is 0 Å². The smallest absolute Gasteiger partial charge is 0.247 e. The van der Waals surface area contributed by atoms with Crippen LogP contribution in [-0.2, 0) is 10.3 Å². The Balaban J connectivity index is 2.13. The molecular formula is C11H17N3OS. The van der Waals surface area contributed by atoms with Crippen molar-refractivity contribution in [1.29, 1.82) is 0 Å². The molecule has 1 aromatic heterocycles. The Morgan fingerprint density at radius 3 is 2.81 bits per heavy atom. The number of carbonyl (C=O) groups excluding carboxylic acids is 1. The van der Waals surface area contributed by atoms with Crippen molar-refractivity contribution in [2.24, 2.45) is 5.73 Å². The van der Waals surface area contributed by atoms with Gasteiger partial charge in [-0.15, -0.1) is 11.3 Å². The summed E-state index contributed by atoms with van der Waals surface area (Å²) in [5, 5.41) is 5.17. The average molecular weight is 239 g/mol. The number of nitrogens with one attached hydrogen (secondary N) is 1. The van der Waals surface area contributed by atoms with E-state index in [1.54, 1.807) is 6.92 Å². The Labute approximate surface area is 99.4 Å². The quantitative estimate of drug-likeness (QED) is 0.783. The van der Waals surface area contributed by atoms with Gasteiger partial charge < -0.3 is 16.0 Å². The summed E-state index contributed by atoms with van der Waals surface area (Å²) in [7, 11) is 0. The van der Waals surface area contributed by atoms with Gasteiger partial charge in [0.25, 0.3) is 0 Å². The highest BCUT2D eigenvalue weighted by molar-refractivity contribution is 7.10. The van der Waals surface area contributed by atoms with Gasteiger partial charge >= 0.3 is 0 Å². The fourth-order valence-electron chi connectivity index (χ4n) is 1.88. The van der Waals surface area contributed by atoms with Crippen LogP contribution in [-0.4, -0.2) is 37.0 Å². The van der Waals surface area contributed by atoms with E-state index >= 15 is 0 Å². The molecule has 1 saturated heterocycles. The van der Waals surface area contributed by atoms with E-state index in [0.717, 1.165) is 31.1 Å². The van der Waals surface area contributed by atoms with Gasteiger partial charge in [-0.3, -0.25) is 4.79 Å². The minimum absolute atomic E-state index is 0.0245. The first kappa shape index (κ1) is 11.6. The van der Waals surface area contributed by atoms with Gasteiger partial charge in [0.05, 0.1) is 0 Å². The molecule has 5 heteroatoms. The molecule has 3 N–H and O–H groups in total. The molecule has 0 bridgehead atoms. The Morgan fingerprint density at radius 1 is 1.56 bits per heavy atom. The molecule has 2 heterocycles. The zero-order chi connectivity index (χ0) is 11.6. The average Bonchev–Trinajstić information content (AvgIpc) is 2.83. The Bertz CT molecular complexity index is 355. The van der Waals surface area contributed by atoms with Crippen LogP contribution in [0.5, 0.6) is 0 Å². The highest BCUT2D eigenvalue weighted by Gasteiger charge is 2.35. The lowest BCUT2D eigenvalue weighted by atomic mass is 9.99. The highest BCUT2D eigenvalue weighted by atomic mass is 32.1. The van der Waals surface area contributed by atoms with Gasteiger partial charge in [-0.05, 0) is 18.4 Å². The van der Waals surface area contributed by atoms with Crippen molar-refractivity contribution in [1.82, 2.24) is 10.2 Å².